The second kappa shape index (κ2) is 4.85. The summed E-state index contributed by atoms with van der Waals surface area (Å²) in [4.78, 5) is 13.6. The van der Waals surface area contributed by atoms with E-state index in [1.165, 1.54) is 12.8 Å². The van der Waals surface area contributed by atoms with Crippen molar-refractivity contribution in [2.45, 2.75) is 19.4 Å². The van der Waals surface area contributed by atoms with Crippen LogP contribution >= 0.6 is 0 Å². The molecule has 1 amide bonds. The van der Waals surface area contributed by atoms with Crippen LogP contribution in [0, 0.1) is 11.3 Å². The second-order valence-electron chi connectivity index (χ2n) is 5.69. The number of nitrogens with zero attached hydrogens (tertiary/aromatic N) is 1. The Kier molecular flexibility index (Phi) is 3.19. The number of likely N-dealkylation sites (tertiary alicyclic amines) is 1. The Morgan fingerprint density at radius 3 is 2.58 bits per heavy atom. The van der Waals surface area contributed by atoms with E-state index in [4.69, 9.17) is 4.74 Å². The summed E-state index contributed by atoms with van der Waals surface area (Å²) in [6.45, 7) is 1.77. The van der Waals surface area contributed by atoms with Crippen LogP contribution in [0.5, 0.6) is 0 Å². The lowest BCUT2D eigenvalue weighted by Crippen LogP contribution is -2.61. The Balaban J connectivity index is 1.48. The number of carbonyl (C=O) groups excluding carboxylic acids is 1. The van der Waals surface area contributed by atoms with Crippen molar-refractivity contribution >= 4 is 6.09 Å². The fourth-order valence-corrected chi connectivity index (χ4v) is 2.84. The van der Waals surface area contributed by atoms with Crippen molar-refractivity contribution in [1.82, 2.24) is 4.90 Å². The summed E-state index contributed by atoms with van der Waals surface area (Å²) in [7, 11) is 0. The highest BCUT2D eigenvalue weighted by atomic mass is 16.6. The molecule has 1 aromatic carbocycles. The third kappa shape index (κ3) is 2.45. The van der Waals surface area contributed by atoms with Gasteiger partial charge in [0.15, 0.2) is 0 Å². The Morgan fingerprint density at radius 2 is 2.00 bits per heavy atom. The molecular formula is C15H19NO3. The maximum atomic E-state index is 11.9. The molecule has 4 nitrogen and oxygen atoms in total. The van der Waals surface area contributed by atoms with Crippen LogP contribution in [-0.2, 0) is 11.3 Å². The third-order valence-electron chi connectivity index (χ3n) is 4.23. The first-order valence-corrected chi connectivity index (χ1v) is 6.80. The smallest absolute Gasteiger partial charge is 0.410 e. The molecule has 0 aromatic heterocycles. The summed E-state index contributed by atoms with van der Waals surface area (Å²) in [6, 6.07) is 9.66. The zero-order chi connectivity index (χ0) is 13.3. The lowest BCUT2D eigenvalue weighted by atomic mass is 9.76. The molecule has 1 heterocycles. The van der Waals surface area contributed by atoms with E-state index in [1.54, 1.807) is 4.90 Å². The van der Waals surface area contributed by atoms with Gasteiger partial charge in [0.1, 0.15) is 6.61 Å². The van der Waals surface area contributed by atoms with Gasteiger partial charge in [-0.15, -0.1) is 0 Å². The molecule has 4 heteroatoms. The Bertz CT molecular complexity index is 450. The minimum Gasteiger partial charge on any atom is -0.445 e. The van der Waals surface area contributed by atoms with E-state index in [1.807, 2.05) is 30.3 Å². The van der Waals surface area contributed by atoms with Gasteiger partial charge < -0.3 is 14.7 Å². The largest absolute Gasteiger partial charge is 0.445 e. The van der Waals surface area contributed by atoms with E-state index < -0.39 is 0 Å². The molecule has 1 aliphatic carbocycles. The van der Waals surface area contributed by atoms with Crippen LogP contribution in [0.4, 0.5) is 4.79 Å². The highest BCUT2D eigenvalue weighted by Crippen LogP contribution is 2.50. The molecule has 1 aromatic rings. The number of hydrogen-bond donors (Lipinski definition) is 1. The van der Waals surface area contributed by atoms with Crippen LogP contribution in [0.15, 0.2) is 30.3 Å². The lowest BCUT2D eigenvalue weighted by Gasteiger charge is -2.48. The molecule has 0 radical (unpaired) electrons. The maximum Gasteiger partial charge on any atom is 0.410 e. The van der Waals surface area contributed by atoms with Crippen LogP contribution in [0.25, 0.3) is 0 Å². The summed E-state index contributed by atoms with van der Waals surface area (Å²) in [6.07, 6.45) is 2.11. The first-order valence-electron chi connectivity index (χ1n) is 6.80. The SMILES string of the molecule is O=C(OCc1ccccc1)N1CC(CO)(C2CC2)C1. The minimum absolute atomic E-state index is 0.0359. The monoisotopic (exact) mass is 261 g/mol. The predicted molar refractivity (Wildman–Crippen MR) is 70.4 cm³/mol. The van der Waals surface area contributed by atoms with Crippen molar-refractivity contribution in [3.05, 3.63) is 35.9 Å². The van der Waals surface area contributed by atoms with Gasteiger partial charge in [0, 0.05) is 18.5 Å². The zero-order valence-electron chi connectivity index (χ0n) is 10.9. The van der Waals surface area contributed by atoms with Gasteiger partial charge in [-0.1, -0.05) is 30.3 Å². The second-order valence-corrected chi connectivity index (χ2v) is 5.69. The Labute approximate surface area is 113 Å². The molecule has 3 rings (SSSR count). The summed E-state index contributed by atoms with van der Waals surface area (Å²) < 4.78 is 5.28. The molecule has 0 atom stereocenters. The first kappa shape index (κ1) is 12.5. The van der Waals surface area contributed by atoms with Crippen molar-refractivity contribution in [2.24, 2.45) is 11.3 Å². The maximum absolute atomic E-state index is 11.9. The highest BCUT2D eigenvalue weighted by Gasteiger charge is 2.54. The number of benzene rings is 1. The average Bonchev–Trinajstić information content (AvgIpc) is 3.22. The van der Waals surface area contributed by atoms with E-state index in [0.29, 0.717) is 25.6 Å². The summed E-state index contributed by atoms with van der Waals surface area (Å²) in [5.74, 6) is 0.607. The number of rotatable bonds is 4. The number of aliphatic hydroxyl groups is 1. The standard InChI is InChI=1S/C15H19NO3/c17-11-15(13-6-7-13)9-16(10-15)14(18)19-8-12-4-2-1-3-5-12/h1-5,13,17H,6-11H2. The summed E-state index contributed by atoms with van der Waals surface area (Å²) in [5.41, 5.74) is 0.957. The molecule has 1 saturated carbocycles. The third-order valence-corrected chi connectivity index (χ3v) is 4.23. The van der Waals surface area contributed by atoms with Crippen molar-refractivity contribution in [1.29, 1.82) is 0 Å². The van der Waals surface area contributed by atoms with Crippen LogP contribution < -0.4 is 0 Å². The van der Waals surface area contributed by atoms with E-state index >= 15 is 0 Å². The number of aliphatic hydroxyl groups excluding tert-OH is 1. The van der Waals surface area contributed by atoms with E-state index in [2.05, 4.69) is 0 Å². The molecular weight excluding hydrogens is 242 g/mol. The van der Waals surface area contributed by atoms with Crippen molar-refractivity contribution in [3.8, 4) is 0 Å². The molecule has 0 bridgehead atoms. The van der Waals surface area contributed by atoms with E-state index in [0.717, 1.165) is 5.56 Å². The number of amides is 1. The van der Waals surface area contributed by atoms with Crippen molar-refractivity contribution < 1.29 is 14.6 Å². The fraction of sp³-hybridized carbons (Fsp3) is 0.533. The number of hydrogen-bond acceptors (Lipinski definition) is 3. The molecule has 1 saturated heterocycles. The Hall–Kier alpha value is -1.55. The molecule has 0 spiro atoms. The molecule has 19 heavy (non-hydrogen) atoms. The Morgan fingerprint density at radius 1 is 1.32 bits per heavy atom. The fourth-order valence-electron chi connectivity index (χ4n) is 2.84. The van der Waals surface area contributed by atoms with Gasteiger partial charge in [-0.3, -0.25) is 0 Å². The van der Waals surface area contributed by atoms with Gasteiger partial charge in [0.2, 0.25) is 0 Å². The predicted octanol–water partition coefficient (Wildman–Crippen LogP) is 2.03. The topological polar surface area (TPSA) is 49.8 Å². The molecule has 1 N–H and O–H groups in total. The zero-order valence-corrected chi connectivity index (χ0v) is 10.9. The molecule has 102 valence electrons. The summed E-state index contributed by atoms with van der Waals surface area (Å²) in [5, 5.41) is 9.48. The molecule has 0 unspecified atom stereocenters. The van der Waals surface area contributed by atoms with Gasteiger partial charge in [-0.25, -0.2) is 4.79 Å². The van der Waals surface area contributed by atoms with Gasteiger partial charge in [0.25, 0.3) is 0 Å². The van der Waals surface area contributed by atoms with Gasteiger partial charge in [0.05, 0.1) is 6.61 Å². The van der Waals surface area contributed by atoms with Gasteiger partial charge in [-0.05, 0) is 24.3 Å². The molecule has 2 aliphatic rings. The van der Waals surface area contributed by atoms with Gasteiger partial charge in [-0.2, -0.15) is 0 Å². The first-order chi connectivity index (χ1) is 9.23. The van der Waals surface area contributed by atoms with Gasteiger partial charge >= 0.3 is 6.09 Å². The highest BCUT2D eigenvalue weighted by molar-refractivity contribution is 5.69. The quantitative estimate of drug-likeness (QED) is 0.902. The van der Waals surface area contributed by atoms with Crippen molar-refractivity contribution in [3.63, 3.8) is 0 Å². The van der Waals surface area contributed by atoms with Crippen LogP contribution in [0.3, 0.4) is 0 Å². The van der Waals surface area contributed by atoms with Crippen molar-refractivity contribution in [2.75, 3.05) is 19.7 Å². The van der Waals surface area contributed by atoms with E-state index in [9.17, 15) is 9.90 Å². The van der Waals surface area contributed by atoms with Crippen LogP contribution in [0.1, 0.15) is 18.4 Å². The molecule has 1 aliphatic heterocycles. The normalized spacial score (nSPS) is 20.8. The molecule has 2 fully saturated rings. The van der Waals surface area contributed by atoms with E-state index in [-0.39, 0.29) is 18.1 Å². The van der Waals surface area contributed by atoms with Crippen LogP contribution in [0.2, 0.25) is 0 Å². The lowest BCUT2D eigenvalue weighted by molar-refractivity contribution is -0.0521. The minimum atomic E-state index is -0.270. The summed E-state index contributed by atoms with van der Waals surface area (Å²) >= 11 is 0. The number of carbonyl (C=O) groups is 1. The van der Waals surface area contributed by atoms with Crippen LogP contribution in [-0.4, -0.2) is 35.8 Å². The average molecular weight is 261 g/mol. The number of ether oxygens (including phenoxy) is 1.